The Balaban J connectivity index is 1.68. The highest BCUT2D eigenvalue weighted by Crippen LogP contribution is 2.32. The van der Waals surface area contributed by atoms with Crippen molar-refractivity contribution < 1.29 is 13.2 Å². The molecule has 4 nitrogen and oxygen atoms in total. The van der Waals surface area contributed by atoms with Crippen molar-refractivity contribution in [2.24, 2.45) is 0 Å². The van der Waals surface area contributed by atoms with Gasteiger partial charge in [0.2, 0.25) is 0 Å². The Morgan fingerprint density at radius 3 is 2.45 bits per heavy atom. The third kappa shape index (κ3) is 4.00. The average molecular weight is 415 g/mol. The molecule has 29 heavy (non-hydrogen) atoms. The van der Waals surface area contributed by atoms with Gasteiger partial charge in [-0.25, -0.2) is 4.98 Å². The number of aryl methyl sites for hydroxylation is 1. The fourth-order valence-electron chi connectivity index (χ4n) is 2.92. The van der Waals surface area contributed by atoms with Crippen LogP contribution in [-0.2, 0) is 6.18 Å². The molecule has 0 fully saturated rings. The van der Waals surface area contributed by atoms with E-state index >= 15 is 0 Å². The van der Waals surface area contributed by atoms with Gasteiger partial charge in [0.25, 0.3) is 0 Å². The Morgan fingerprint density at radius 1 is 0.931 bits per heavy atom. The summed E-state index contributed by atoms with van der Waals surface area (Å²) in [7, 11) is 0. The van der Waals surface area contributed by atoms with Crippen LogP contribution in [0.2, 0.25) is 5.02 Å². The van der Waals surface area contributed by atoms with Gasteiger partial charge in [-0.3, -0.25) is 9.97 Å². The van der Waals surface area contributed by atoms with Gasteiger partial charge in [-0.1, -0.05) is 23.7 Å². The van der Waals surface area contributed by atoms with Crippen molar-refractivity contribution >= 4 is 34.0 Å². The summed E-state index contributed by atoms with van der Waals surface area (Å²) in [5.41, 5.74) is 3.01. The molecule has 0 bridgehead atoms. The molecule has 0 amide bonds. The number of alkyl halides is 3. The van der Waals surface area contributed by atoms with Crippen molar-refractivity contribution in [3.8, 4) is 11.3 Å². The van der Waals surface area contributed by atoms with E-state index in [-0.39, 0.29) is 0 Å². The normalized spacial score (nSPS) is 11.6. The number of anilines is 2. The van der Waals surface area contributed by atoms with Crippen LogP contribution in [0.1, 0.15) is 11.1 Å². The lowest BCUT2D eigenvalue weighted by Crippen LogP contribution is -2.05. The van der Waals surface area contributed by atoms with Crippen LogP contribution in [0, 0.1) is 6.92 Å². The number of nitrogens with one attached hydrogen (secondary N) is 1. The summed E-state index contributed by atoms with van der Waals surface area (Å²) >= 11 is 6.32. The van der Waals surface area contributed by atoms with E-state index in [1.807, 2.05) is 31.2 Å². The average Bonchev–Trinajstić information content (AvgIpc) is 2.67. The number of hydrogen-bond donors (Lipinski definition) is 1. The minimum atomic E-state index is -4.42. The van der Waals surface area contributed by atoms with Gasteiger partial charge >= 0.3 is 6.18 Å². The lowest BCUT2D eigenvalue weighted by molar-refractivity contribution is -0.137. The lowest BCUT2D eigenvalue weighted by Gasteiger charge is -2.11. The highest BCUT2D eigenvalue weighted by atomic mass is 35.5. The third-order valence-corrected chi connectivity index (χ3v) is 4.64. The summed E-state index contributed by atoms with van der Waals surface area (Å²) in [6.45, 7) is 1.91. The van der Waals surface area contributed by atoms with Crippen molar-refractivity contribution in [1.82, 2.24) is 15.0 Å². The van der Waals surface area contributed by atoms with Crippen LogP contribution in [0.15, 0.2) is 61.1 Å². The first kappa shape index (κ1) is 19.1. The van der Waals surface area contributed by atoms with Gasteiger partial charge in [-0.15, -0.1) is 0 Å². The molecule has 1 aromatic carbocycles. The summed E-state index contributed by atoms with van der Waals surface area (Å²) < 4.78 is 38.1. The zero-order valence-corrected chi connectivity index (χ0v) is 15.9. The van der Waals surface area contributed by atoms with Crippen LogP contribution in [0.4, 0.5) is 24.7 Å². The van der Waals surface area contributed by atoms with Gasteiger partial charge in [0, 0.05) is 29.5 Å². The topological polar surface area (TPSA) is 50.7 Å². The molecule has 146 valence electrons. The Morgan fingerprint density at radius 2 is 1.76 bits per heavy atom. The van der Waals surface area contributed by atoms with Crippen LogP contribution in [-0.4, -0.2) is 15.0 Å². The van der Waals surface area contributed by atoms with Crippen molar-refractivity contribution in [3.63, 3.8) is 0 Å². The van der Waals surface area contributed by atoms with Gasteiger partial charge in [0.15, 0.2) is 0 Å². The van der Waals surface area contributed by atoms with Crippen LogP contribution < -0.4 is 5.32 Å². The number of benzene rings is 1. The maximum atomic E-state index is 12.7. The molecule has 0 unspecified atom stereocenters. The fraction of sp³-hybridized carbons (Fsp3) is 0.0952. The molecule has 4 rings (SSSR count). The molecule has 4 aromatic rings. The highest BCUT2D eigenvalue weighted by Gasteiger charge is 2.30. The quantitative estimate of drug-likeness (QED) is 0.420. The maximum absolute atomic E-state index is 12.7. The highest BCUT2D eigenvalue weighted by molar-refractivity contribution is 6.33. The Bertz CT molecular complexity index is 1190. The van der Waals surface area contributed by atoms with Gasteiger partial charge in [0.1, 0.15) is 5.82 Å². The predicted octanol–water partition coefficient (Wildman–Crippen LogP) is 6.42. The van der Waals surface area contributed by atoms with Crippen molar-refractivity contribution in [2.75, 3.05) is 5.32 Å². The van der Waals surface area contributed by atoms with Crippen LogP contribution in [0.3, 0.4) is 0 Å². The molecule has 8 heteroatoms. The number of rotatable bonds is 3. The third-order valence-electron chi connectivity index (χ3n) is 4.35. The Labute approximate surface area is 169 Å². The molecule has 3 aromatic heterocycles. The van der Waals surface area contributed by atoms with Crippen molar-refractivity contribution in [3.05, 3.63) is 77.2 Å². The van der Waals surface area contributed by atoms with Crippen LogP contribution in [0.25, 0.3) is 22.2 Å². The van der Waals surface area contributed by atoms with Gasteiger partial charge in [-0.05, 0) is 42.8 Å². The van der Waals surface area contributed by atoms with E-state index in [0.717, 1.165) is 28.8 Å². The summed E-state index contributed by atoms with van der Waals surface area (Å²) in [6, 6.07) is 11.5. The van der Waals surface area contributed by atoms with E-state index in [9.17, 15) is 13.2 Å². The number of fused-ring (bicyclic) bond motifs is 1. The first-order valence-corrected chi connectivity index (χ1v) is 9.00. The molecule has 0 atom stereocenters. The molecule has 0 aliphatic rings. The summed E-state index contributed by atoms with van der Waals surface area (Å²) in [5.74, 6) is 0.304. The number of pyridine rings is 3. The zero-order valence-electron chi connectivity index (χ0n) is 15.1. The number of halogens is 4. The minimum Gasteiger partial charge on any atom is -0.340 e. The Hall–Kier alpha value is -3.19. The van der Waals surface area contributed by atoms with Gasteiger partial charge < -0.3 is 5.32 Å². The van der Waals surface area contributed by atoms with E-state index in [4.69, 9.17) is 11.6 Å². The second-order valence-corrected chi connectivity index (χ2v) is 6.90. The van der Waals surface area contributed by atoms with E-state index in [1.54, 1.807) is 18.5 Å². The zero-order chi connectivity index (χ0) is 20.6. The van der Waals surface area contributed by atoms with Gasteiger partial charge in [-0.2, -0.15) is 13.2 Å². The number of nitrogens with zero attached hydrogens (tertiary/aromatic N) is 3. The number of aromatic nitrogens is 3. The largest absolute Gasteiger partial charge is 0.417 e. The molecule has 0 spiro atoms. The monoisotopic (exact) mass is 414 g/mol. The summed E-state index contributed by atoms with van der Waals surface area (Å²) in [4.78, 5) is 12.6. The van der Waals surface area contributed by atoms with Crippen LogP contribution >= 0.6 is 11.6 Å². The minimum absolute atomic E-state index is 0.304. The van der Waals surface area contributed by atoms with Crippen molar-refractivity contribution in [1.29, 1.82) is 0 Å². The molecule has 0 radical (unpaired) electrons. The molecule has 1 N–H and O–H groups in total. The number of hydrogen-bond acceptors (Lipinski definition) is 4. The SMILES string of the molecule is Cc1cnc(-c2ccc3c(Nc4ccc(C(F)(F)F)cn4)ccnc3c2)c(Cl)c1. The molecular weight excluding hydrogens is 401 g/mol. The lowest BCUT2D eigenvalue weighted by atomic mass is 10.1. The van der Waals surface area contributed by atoms with Crippen molar-refractivity contribution in [2.45, 2.75) is 13.1 Å². The first-order valence-electron chi connectivity index (χ1n) is 8.63. The molecule has 0 aliphatic heterocycles. The maximum Gasteiger partial charge on any atom is 0.417 e. The van der Waals surface area contributed by atoms with E-state index in [0.29, 0.717) is 27.7 Å². The molecule has 3 heterocycles. The van der Waals surface area contributed by atoms with E-state index in [2.05, 4.69) is 20.3 Å². The van der Waals surface area contributed by atoms with E-state index in [1.165, 1.54) is 6.07 Å². The Kier molecular flexibility index (Phi) is 4.84. The molecular formula is C21H14ClF3N4. The molecule has 0 saturated heterocycles. The molecule has 0 aliphatic carbocycles. The smallest absolute Gasteiger partial charge is 0.340 e. The van der Waals surface area contributed by atoms with E-state index < -0.39 is 11.7 Å². The predicted molar refractivity (Wildman–Crippen MR) is 107 cm³/mol. The first-order chi connectivity index (χ1) is 13.8. The molecule has 0 saturated carbocycles. The fourth-order valence-corrected chi connectivity index (χ4v) is 3.25. The second kappa shape index (κ2) is 7.33. The van der Waals surface area contributed by atoms with Gasteiger partial charge in [0.05, 0.1) is 27.5 Å². The second-order valence-electron chi connectivity index (χ2n) is 6.49. The standard InChI is InChI=1S/C21H14ClF3N4/c1-12-8-16(22)20(28-10-12)13-2-4-15-17(6-7-26-18(15)9-13)29-19-5-3-14(11-27-19)21(23,24)25/h2-11H,1H3,(H,26,27,29). The summed E-state index contributed by atoms with van der Waals surface area (Å²) in [6.07, 6.45) is -0.263. The van der Waals surface area contributed by atoms with Crippen LogP contribution in [0.5, 0.6) is 0 Å². The summed E-state index contributed by atoms with van der Waals surface area (Å²) in [5, 5.41) is 4.38.